The van der Waals surface area contributed by atoms with Crippen molar-refractivity contribution >= 4 is 22.9 Å². The predicted octanol–water partition coefficient (Wildman–Crippen LogP) is 3.15. The molecule has 21 heavy (non-hydrogen) atoms. The van der Waals surface area contributed by atoms with E-state index in [1.54, 1.807) is 4.90 Å². The first kappa shape index (κ1) is 15.2. The Morgan fingerprint density at radius 2 is 2.05 bits per heavy atom. The second-order valence-electron chi connectivity index (χ2n) is 4.37. The number of hydrogen-bond donors (Lipinski definition) is 2. The molecule has 4 nitrogen and oxygen atoms in total. The van der Waals surface area contributed by atoms with E-state index >= 15 is 0 Å². The Bertz CT molecular complexity index is 621. The lowest BCUT2D eigenvalue weighted by Gasteiger charge is -2.24. The molecule has 0 aliphatic heterocycles. The first-order chi connectivity index (χ1) is 10.1. The van der Waals surface area contributed by atoms with E-state index < -0.39 is 11.6 Å². The maximum absolute atomic E-state index is 14.2. The van der Waals surface area contributed by atoms with Gasteiger partial charge in [0.2, 0.25) is 0 Å². The summed E-state index contributed by atoms with van der Waals surface area (Å²) in [6.07, 6.45) is 0. The minimum atomic E-state index is -0.741. The summed E-state index contributed by atoms with van der Waals surface area (Å²) in [4.78, 5) is 2.61. The summed E-state index contributed by atoms with van der Waals surface area (Å²) in [7, 11) is 0. The summed E-state index contributed by atoms with van der Waals surface area (Å²) in [5.74, 6) is -1.81. The molecular formula is C14H15F2N3OS. The average Bonchev–Trinajstić information content (AvgIpc) is 2.97. The number of nitrogens with two attached hydrogens (primary N) is 1. The van der Waals surface area contributed by atoms with E-state index in [0.717, 1.165) is 17.0 Å². The van der Waals surface area contributed by atoms with Gasteiger partial charge in [0.05, 0.1) is 6.54 Å². The Hall–Kier alpha value is -2.15. The van der Waals surface area contributed by atoms with Crippen molar-refractivity contribution in [2.75, 3.05) is 11.4 Å². The fraction of sp³-hybridized carbons (Fsp3) is 0.214. The van der Waals surface area contributed by atoms with Crippen LogP contribution >= 0.6 is 11.3 Å². The third kappa shape index (κ3) is 3.30. The SMILES string of the molecule is CCN(Cc1cccs1)c1c(F)cc(/C(N)=N/O)cc1F. The van der Waals surface area contributed by atoms with Gasteiger partial charge in [-0.2, -0.15) is 0 Å². The largest absolute Gasteiger partial charge is 0.409 e. The van der Waals surface area contributed by atoms with E-state index in [2.05, 4.69) is 5.16 Å². The van der Waals surface area contributed by atoms with E-state index in [1.807, 2.05) is 24.4 Å². The highest BCUT2D eigenvalue weighted by molar-refractivity contribution is 7.09. The van der Waals surface area contributed by atoms with Crippen LogP contribution in [0.4, 0.5) is 14.5 Å². The molecule has 7 heteroatoms. The molecule has 0 spiro atoms. The van der Waals surface area contributed by atoms with Gasteiger partial charge in [0, 0.05) is 17.0 Å². The summed E-state index contributed by atoms with van der Waals surface area (Å²) in [6, 6.07) is 5.92. The molecule has 0 fully saturated rings. The molecule has 0 bridgehead atoms. The molecular weight excluding hydrogens is 296 g/mol. The van der Waals surface area contributed by atoms with Gasteiger partial charge < -0.3 is 15.8 Å². The zero-order valence-electron chi connectivity index (χ0n) is 11.4. The molecule has 1 aromatic carbocycles. The molecule has 0 aliphatic rings. The molecule has 112 valence electrons. The van der Waals surface area contributed by atoms with Crippen LogP contribution in [0.5, 0.6) is 0 Å². The molecule has 0 atom stereocenters. The van der Waals surface area contributed by atoms with Gasteiger partial charge in [0.25, 0.3) is 0 Å². The second-order valence-corrected chi connectivity index (χ2v) is 5.40. The quantitative estimate of drug-likeness (QED) is 0.386. The summed E-state index contributed by atoms with van der Waals surface area (Å²) >= 11 is 1.53. The molecule has 2 rings (SSSR count). The standard InChI is InChI=1S/C14H15F2N3OS/c1-2-19(8-10-4-3-5-21-10)13-11(15)6-9(7-12(13)16)14(17)18-20/h3-7,20H,2,8H2,1H3,(H2,17,18). The zero-order valence-corrected chi connectivity index (χ0v) is 12.2. The van der Waals surface area contributed by atoms with Gasteiger partial charge in [-0.1, -0.05) is 11.2 Å². The van der Waals surface area contributed by atoms with Crippen LogP contribution in [0.1, 0.15) is 17.4 Å². The zero-order chi connectivity index (χ0) is 15.4. The fourth-order valence-electron chi connectivity index (χ4n) is 2.01. The van der Waals surface area contributed by atoms with Crippen molar-refractivity contribution in [3.8, 4) is 0 Å². The lowest BCUT2D eigenvalue weighted by atomic mass is 10.1. The van der Waals surface area contributed by atoms with Gasteiger partial charge in [0.15, 0.2) is 5.84 Å². The van der Waals surface area contributed by atoms with Crippen molar-refractivity contribution in [2.45, 2.75) is 13.5 Å². The van der Waals surface area contributed by atoms with Crippen molar-refractivity contribution in [3.63, 3.8) is 0 Å². The number of amidine groups is 1. The first-order valence-electron chi connectivity index (χ1n) is 6.31. The van der Waals surface area contributed by atoms with Crippen LogP contribution in [0.15, 0.2) is 34.8 Å². The highest BCUT2D eigenvalue weighted by Crippen LogP contribution is 2.27. The molecule has 0 saturated heterocycles. The monoisotopic (exact) mass is 311 g/mol. The topological polar surface area (TPSA) is 61.8 Å². The van der Waals surface area contributed by atoms with E-state index in [9.17, 15) is 8.78 Å². The fourth-order valence-corrected chi connectivity index (χ4v) is 2.73. The highest BCUT2D eigenvalue weighted by Gasteiger charge is 2.18. The number of hydrogen-bond acceptors (Lipinski definition) is 4. The molecule has 2 aromatic rings. The van der Waals surface area contributed by atoms with Crippen molar-refractivity contribution < 1.29 is 14.0 Å². The van der Waals surface area contributed by atoms with E-state index in [-0.39, 0.29) is 17.1 Å². The number of oxime groups is 1. The van der Waals surface area contributed by atoms with Gasteiger partial charge in [0.1, 0.15) is 17.3 Å². The summed E-state index contributed by atoms with van der Waals surface area (Å²) in [5, 5.41) is 13.2. The normalized spacial score (nSPS) is 11.7. The molecule has 0 unspecified atom stereocenters. The van der Waals surface area contributed by atoms with Crippen LogP contribution in [0, 0.1) is 11.6 Å². The number of thiophene rings is 1. The Morgan fingerprint density at radius 3 is 2.52 bits per heavy atom. The number of halogens is 2. The van der Waals surface area contributed by atoms with E-state index in [0.29, 0.717) is 13.1 Å². The van der Waals surface area contributed by atoms with Crippen LogP contribution < -0.4 is 10.6 Å². The Morgan fingerprint density at radius 1 is 1.38 bits per heavy atom. The van der Waals surface area contributed by atoms with Crippen molar-refractivity contribution in [2.24, 2.45) is 10.9 Å². The molecule has 0 radical (unpaired) electrons. The first-order valence-corrected chi connectivity index (χ1v) is 7.19. The Kier molecular flexibility index (Phi) is 4.74. The molecule has 3 N–H and O–H groups in total. The minimum Gasteiger partial charge on any atom is -0.409 e. The number of anilines is 1. The minimum absolute atomic E-state index is 0.00317. The van der Waals surface area contributed by atoms with Gasteiger partial charge in [-0.15, -0.1) is 11.3 Å². The smallest absolute Gasteiger partial charge is 0.170 e. The van der Waals surface area contributed by atoms with Gasteiger partial charge >= 0.3 is 0 Å². The predicted molar refractivity (Wildman–Crippen MR) is 79.9 cm³/mol. The molecule has 0 saturated carbocycles. The Labute approximate surface area is 125 Å². The number of nitrogens with zero attached hydrogens (tertiary/aromatic N) is 2. The molecule has 0 amide bonds. The van der Waals surface area contributed by atoms with Crippen molar-refractivity contribution in [3.05, 3.63) is 51.7 Å². The lowest BCUT2D eigenvalue weighted by molar-refractivity contribution is 0.318. The van der Waals surface area contributed by atoms with E-state index in [1.165, 1.54) is 11.3 Å². The van der Waals surface area contributed by atoms with Crippen LogP contribution in [-0.4, -0.2) is 17.6 Å². The average molecular weight is 311 g/mol. The van der Waals surface area contributed by atoms with Crippen molar-refractivity contribution in [1.82, 2.24) is 0 Å². The maximum atomic E-state index is 14.2. The second kappa shape index (κ2) is 6.53. The van der Waals surface area contributed by atoms with Crippen molar-refractivity contribution in [1.29, 1.82) is 0 Å². The Balaban J connectivity index is 2.37. The summed E-state index contributed by atoms with van der Waals surface area (Å²) < 4.78 is 28.4. The van der Waals surface area contributed by atoms with Gasteiger partial charge in [-0.05, 0) is 30.5 Å². The van der Waals surface area contributed by atoms with Crippen LogP contribution in [0.25, 0.3) is 0 Å². The van der Waals surface area contributed by atoms with Crippen LogP contribution in [0.2, 0.25) is 0 Å². The van der Waals surface area contributed by atoms with Crippen LogP contribution in [0.3, 0.4) is 0 Å². The van der Waals surface area contributed by atoms with Crippen LogP contribution in [-0.2, 0) is 6.54 Å². The third-order valence-corrected chi connectivity index (χ3v) is 3.91. The molecule has 1 aromatic heterocycles. The number of benzene rings is 1. The summed E-state index contributed by atoms with van der Waals surface area (Å²) in [6.45, 7) is 2.70. The van der Waals surface area contributed by atoms with E-state index in [4.69, 9.17) is 10.9 Å². The highest BCUT2D eigenvalue weighted by atomic mass is 32.1. The summed E-state index contributed by atoms with van der Waals surface area (Å²) in [5.41, 5.74) is 5.25. The van der Waals surface area contributed by atoms with Gasteiger partial charge in [-0.25, -0.2) is 8.78 Å². The third-order valence-electron chi connectivity index (χ3n) is 3.05. The number of rotatable bonds is 5. The molecule has 0 aliphatic carbocycles. The van der Waals surface area contributed by atoms with Gasteiger partial charge in [-0.3, -0.25) is 0 Å². The molecule has 1 heterocycles. The maximum Gasteiger partial charge on any atom is 0.170 e. The lowest BCUT2D eigenvalue weighted by Crippen LogP contribution is -2.24.